The van der Waals surface area contributed by atoms with Crippen LogP contribution in [-0.4, -0.2) is 43.8 Å². The van der Waals surface area contributed by atoms with Crippen molar-refractivity contribution in [3.05, 3.63) is 57.9 Å². The molecule has 3 rings (SSSR count). The molecular formula is C19H20FN3O6S. The first kappa shape index (κ1) is 21.7. The van der Waals surface area contributed by atoms with Gasteiger partial charge in [0.25, 0.3) is 11.6 Å². The monoisotopic (exact) mass is 437 g/mol. The Hall–Kier alpha value is -3.05. The van der Waals surface area contributed by atoms with Crippen LogP contribution in [0.25, 0.3) is 0 Å². The van der Waals surface area contributed by atoms with Gasteiger partial charge in [0.15, 0.2) is 0 Å². The van der Waals surface area contributed by atoms with Gasteiger partial charge < -0.3 is 10.1 Å². The highest BCUT2D eigenvalue weighted by molar-refractivity contribution is 7.89. The molecule has 0 aromatic heterocycles. The van der Waals surface area contributed by atoms with Crippen LogP contribution in [0.3, 0.4) is 0 Å². The summed E-state index contributed by atoms with van der Waals surface area (Å²) in [5.74, 6) is -1.54. The van der Waals surface area contributed by atoms with Crippen LogP contribution in [-0.2, 0) is 10.0 Å². The largest absolute Gasteiger partial charge is 0.495 e. The number of benzene rings is 2. The molecule has 1 heterocycles. The van der Waals surface area contributed by atoms with E-state index < -0.39 is 31.6 Å². The van der Waals surface area contributed by atoms with E-state index in [1.807, 2.05) is 0 Å². The third-order valence-electron chi connectivity index (χ3n) is 4.77. The SMILES string of the molecule is COc1ccc([N+](=O)[O-])cc1NC(=O)c1ccc(F)c(S(=O)(=O)N2CCCCC2)c1. The van der Waals surface area contributed by atoms with Gasteiger partial charge in [0, 0.05) is 30.8 Å². The average Bonchev–Trinajstić information content (AvgIpc) is 2.74. The topological polar surface area (TPSA) is 119 Å². The van der Waals surface area contributed by atoms with Gasteiger partial charge >= 0.3 is 0 Å². The highest BCUT2D eigenvalue weighted by Gasteiger charge is 2.29. The number of nitro groups is 1. The van der Waals surface area contributed by atoms with Gasteiger partial charge in [-0.15, -0.1) is 0 Å². The quantitative estimate of drug-likeness (QED) is 0.548. The average molecular weight is 437 g/mol. The summed E-state index contributed by atoms with van der Waals surface area (Å²) >= 11 is 0. The molecule has 1 aliphatic heterocycles. The molecule has 0 bridgehead atoms. The van der Waals surface area contributed by atoms with E-state index in [9.17, 15) is 27.7 Å². The number of anilines is 1. The van der Waals surface area contributed by atoms with E-state index in [0.29, 0.717) is 25.9 Å². The zero-order chi connectivity index (χ0) is 21.9. The van der Waals surface area contributed by atoms with Crippen molar-refractivity contribution in [2.75, 3.05) is 25.5 Å². The minimum Gasteiger partial charge on any atom is -0.495 e. The molecule has 0 saturated carbocycles. The minimum atomic E-state index is -4.09. The predicted molar refractivity (Wildman–Crippen MR) is 107 cm³/mol. The number of piperidine rings is 1. The van der Waals surface area contributed by atoms with Crippen LogP contribution in [0, 0.1) is 15.9 Å². The summed E-state index contributed by atoms with van der Waals surface area (Å²) in [5, 5.41) is 13.4. The number of sulfonamides is 1. The van der Waals surface area contributed by atoms with Crippen molar-refractivity contribution in [3.8, 4) is 5.75 Å². The van der Waals surface area contributed by atoms with Gasteiger partial charge in [-0.1, -0.05) is 6.42 Å². The predicted octanol–water partition coefficient (Wildman–Crippen LogP) is 3.17. The summed E-state index contributed by atoms with van der Waals surface area (Å²) in [6, 6.07) is 6.69. The number of carbonyl (C=O) groups excluding carboxylic acids is 1. The van der Waals surface area contributed by atoms with E-state index in [2.05, 4.69) is 5.32 Å². The van der Waals surface area contributed by atoms with Crippen LogP contribution in [0.2, 0.25) is 0 Å². The molecule has 1 aliphatic rings. The summed E-state index contributed by atoms with van der Waals surface area (Å²) in [6.07, 6.45) is 2.28. The van der Waals surface area contributed by atoms with Crippen molar-refractivity contribution >= 4 is 27.3 Å². The normalized spacial score (nSPS) is 14.9. The number of hydrogen-bond donors (Lipinski definition) is 1. The van der Waals surface area contributed by atoms with E-state index in [4.69, 9.17) is 4.74 Å². The minimum absolute atomic E-state index is 0.0291. The molecule has 1 N–H and O–H groups in total. The fourth-order valence-corrected chi connectivity index (χ4v) is 4.80. The molecule has 11 heteroatoms. The fourth-order valence-electron chi connectivity index (χ4n) is 3.19. The van der Waals surface area contributed by atoms with Crippen molar-refractivity contribution < 1.29 is 27.3 Å². The molecule has 2 aromatic rings. The number of halogens is 1. The third kappa shape index (κ3) is 4.41. The summed E-state index contributed by atoms with van der Waals surface area (Å²) in [7, 11) is -2.76. The van der Waals surface area contributed by atoms with Crippen LogP contribution in [0.5, 0.6) is 5.75 Å². The number of hydrogen-bond acceptors (Lipinski definition) is 6. The Balaban J connectivity index is 1.92. The van der Waals surface area contributed by atoms with Gasteiger partial charge in [-0.25, -0.2) is 12.8 Å². The van der Waals surface area contributed by atoms with Crippen LogP contribution in [0.1, 0.15) is 29.6 Å². The zero-order valence-corrected chi connectivity index (χ0v) is 16.9. The Kier molecular flexibility index (Phi) is 6.32. The number of non-ortho nitro benzene ring substituents is 1. The molecule has 0 unspecified atom stereocenters. The molecule has 160 valence electrons. The standard InChI is InChI=1S/C19H20FN3O6S/c1-29-17-8-6-14(23(25)26)12-16(17)21-19(24)13-5-7-15(20)18(11-13)30(27,28)22-9-3-2-4-10-22/h5-8,11-12H,2-4,9-10H2,1H3,(H,21,24). The third-order valence-corrected chi connectivity index (χ3v) is 6.68. The molecular weight excluding hydrogens is 417 g/mol. The van der Waals surface area contributed by atoms with Gasteiger partial charge in [0.1, 0.15) is 16.5 Å². The lowest BCUT2D eigenvalue weighted by Gasteiger charge is -2.26. The molecule has 1 amide bonds. The first-order valence-corrected chi connectivity index (χ1v) is 10.6. The summed E-state index contributed by atoms with van der Waals surface area (Å²) in [6.45, 7) is 0.589. The Labute approximate surface area is 172 Å². The molecule has 1 fully saturated rings. The van der Waals surface area contributed by atoms with Crippen molar-refractivity contribution in [2.24, 2.45) is 0 Å². The number of carbonyl (C=O) groups is 1. The number of nitrogens with zero attached hydrogens (tertiary/aromatic N) is 2. The van der Waals surface area contributed by atoms with Crippen molar-refractivity contribution in [3.63, 3.8) is 0 Å². The number of nitro benzene ring substituents is 1. The summed E-state index contributed by atoms with van der Waals surface area (Å²) in [5.41, 5.74) is -0.347. The van der Waals surface area contributed by atoms with E-state index in [1.165, 1.54) is 23.5 Å². The molecule has 0 aliphatic carbocycles. The number of methoxy groups -OCH3 is 1. The Morgan fingerprint density at radius 2 is 1.87 bits per heavy atom. The Morgan fingerprint density at radius 1 is 1.17 bits per heavy atom. The first-order chi connectivity index (χ1) is 14.2. The van der Waals surface area contributed by atoms with Crippen LogP contribution in [0.4, 0.5) is 15.8 Å². The number of nitrogens with one attached hydrogen (secondary N) is 1. The molecule has 0 atom stereocenters. The maximum Gasteiger partial charge on any atom is 0.271 e. The lowest BCUT2D eigenvalue weighted by Crippen LogP contribution is -2.36. The van der Waals surface area contributed by atoms with Gasteiger partial charge in [-0.05, 0) is 37.1 Å². The Morgan fingerprint density at radius 3 is 2.50 bits per heavy atom. The van der Waals surface area contributed by atoms with Gasteiger partial charge in [0.05, 0.1) is 17.7 Å². The zero-order valence-electron chi connectivity index (χ0n) is 16.1. The molecule has 2 aromatic carbocycles. The molecule has 0 spiro atoms. The fraction of sp³-hybridized carbons (Fsp3) is 0.316. The highest BCUT2D eigenvalue weighted by atomic mass is 32.2. The van der Waals surface area contributed by atoms with Crippen molar-refractivity contribution in [1.29, 1.82) is 0 Å². The lowest BCUT2D eigenvalue weighted by atomic mass is 10.2. The molecule has 1 saturated heterocycles. The second-order valence-electron chi connectivity index (χ2n) is 6.71. The maximum atomic E-state index is 14.3. The number of ether oxygens (including phenoxy) is 1. The van der Waals surface area contributed by atoms with Crippen molar-refractivity contribution in [2.45, 2.75) is 24.2 Å². The van der Waals surface area contributed by atoms with E-state index in [0.717, 1.165) is 30.7 Å². The Bertz CT molecular complexity index is 1080. The highest BCUT2D eigenvalue weighted by Crippen LogP contribution is 2.30. The number of amides is 1. The van der Waals surface area contributed by atoms with Crippen LogP contribution in [0.15, 0.2) is 41.3 Å². The number of rotatable bonds is 6. The lowest BCUT2D eigenvalue weighted by molar-refractivity contribution is -0.384. The molecule has 0 radical (unpaired) electrons. The maximum absolute atomic E-state index is 14.3. The smallest absolute Gasteiger partial charge is 0.271 e. The van der Waals surface area contributed by atoms with Gasteiger partial charge in [0.2, 0.25) is 10.0 Å². The molecule has 9 nitrogen and oxygen atoms in total. The van der Waals surface area contributed by atoms with Crippen LogP contribution >= 0.6 is 0 Å². The van der Waals surface area contributed by atoms with Crippen molar-refractivity contribution in [1.82, 2.24) is 4.31 Å². The van der Waals surface area contributed by atoms with E-state index in [1.54, 1.807) is 0 Å². The van der Waals surface area contributed by atoms with E-state index >= 15 is 0 Å². The second-order valence-corrected chi connectivity index (χ2v) is 8.61. The first-order valence-electron chi connectivity index (χ1n) is 9.17. The van der Waals surface area contributed by atoms with Crippen LogP contribution < -0.4 is 10.1 Å². The summed E-state index contributed by atoms with van der Waals surface area (Å²) in [4.78, 5) is 22.4. The second kappa shape index (κ2) is 8.76. The summed E-state index contributed by atoms with van der Waals surface area (Å²) < 4.78 is 46.3. The van der Waals surface area contributed by atoms with E-state index in [-0.39, 0.29) is 22.7 Å². The van der Waals surface area contributed by atoms with Gasteiger partial charge in [-0.3, -0.25) is 14.9 Å². The van der Waals surface area contributed by atoms with Gasteiger partial charge in [-0.2, -0.15) is 4.31 Å². The molecule has 30 heavy (non-hydrogen) atoms.